The van der Waals surface area contributed by atoms with Gasteiger partial charge in [-0.05, 0) is 19.3 Å². The van der Waals surface area contributed by atoms with Gasteiger partial charge in [0.05, 0.1) is 46.2 Å². The summed E-state index contributed by atoms with van der Waals surface area (Å²) in [5.74, 6) is 4.88. The summed E-state index contributed by atoms with van der Waals surface area (Å²) in [6.07, 6.45) is 20.0. The average molecular weight is 461 g/mol. The van der Waals surface area contributed by atoms with Crippen LogP contribution in [0.5, 0.6) is 0 Å². The van der Waals surface area contributed by atoms with Crippen LogP contribution in [0.25, 0.3) is 0 Å². The van der Waals surface area contributed by atoms with E-state index in [0.29, 0.717) is 52.9 Å². The summed E-state index contributed by atoms with van der Waals surface area (Å²) < 4.78 is 16.0. The number of ether oxygens (including phenoxy) is 3. The second-order valence-electron chi connectivity index (χ2n) is 7.82. The summed E-state index contributed by atoms with van der Waals surface area (Å²) in [5.41, 5.74) is 0. The Morgan fingerprint density at radius 1 is 0.531 bits per heavy atom. The van der Waals surface area contributed by atoms with Gasteiger partial charge in [0.1, 0.15) is 12.9 Å². The van der Waals surface area contributed by atoms with Gasteiger partial charge in [-0.1, -0.05) is 69.4 Å². The number of carbonyl (C=O) groups is 1. The maximum Gasteiger partial charge on any atom is 0.140 e. The number of rotatable bonds is 28. The first kappa shape index (κ1) is 30.9. The van der Waals surface area contributed by atoms with Gasteiger partial charge < -0.3 is 28.7 Å². The molecule has 190 valence electrons. The maximum atomic E-state index is 10.2. The van der Waals surface area contributed by atoms with Crippen molar-refractivity contribution in [1.29, 1.82) is 0 Å². The van der Waals surface area contributed by atoms with Crippen LogP contribution in [0.3, 0.4) is 0 Å². The van der Waals surface area contributed by atoms with Crippen molar-refractivity contribution >= 4 is 12.5 Å². The highest BCUT2D eigenvalue weighted by Gasteiger charge is 1.95. The SMILES string of the molecule is NOCCOCCOCCOCCO/N=C/CCCCCCCCCCCCCCC=O. The predicted molar refractivity (Wildman–Crippen MR) is 128 cm³/mol. The van der Waals surface area contributed by atoms with Gasteiger partial charge in [-0.2, -0.15) is 0 Å². The maximum absolute atomic E-state index is 10.2. The van der Waals surface area contributed by atoms with Crippen molar-refractivity contribution in [2.24, 2.45) is 11.1 Å². The minimum absolute atomic E-state index is 0.388. The lowest BCUT2D eigenvalue weighted by Crippen LogP contribution is -2.13. The number of carbonyl (C=O) groups excluding carboxylic acids is 1. The van der Waals surface area contributed by atoms with E-state index in [9.17, 15) is 4.79 Å². The van der Waals surface area contributed by atoms with E-state index in [2.05, 4.69) is 9.99 Å². The Hall–Kier alpha value is -1.06. The van der Waals surface area contributed by atoms with E-state index >= 15 is 0 Å². The molecule has 0 unspecified atom stereocenters. The minimum atomic E-state index is 0.388. The highest BCUT2D eigenvalue weighted by molar-refractivity contribution is 5.56. The summed E-state index contributed by atoms with van der Waals surface area (Å²) in [6, 6.07) is 0. The number of nitrogens with zero attached hydrogens (tertiary/aromatic N) is 1. The largest absolute Gasteiger partial charge is 0.394 e. The lowest BCUT2D eigenvalue weighted by molar-refractivity contribution is -0.107. The number of unbranched alkanes of at least 4 members (excludes halogenated alkanes) is 13. The molecule has 0 heterocycles. The van der Waals surface area contributed by atoms with Gasteiger partial charge in [0.15, 0.2) is 0 Å². The third-order valence-electron chi connectivity index (χ3n) is 4.96. The molecule has 0 aromatic carbocycles. The number of hydrogen-bond donors (Lipinski definition) is 1. The summed E-state index contributed by atoms with van der Waals surface area (Å²) in [5, 5.41) is 3.96. The van der Waals surface area contributed by atoms with E-state index < -0.39 is 0 Å². The van der Waals surface area contributed by atoms with Gasteiger partial charge >= 0.3 is 0 Å². The van der Waals surface area contributed by atoms with Crippen molar-refractivity contribution in [3.8, 4) is 0 Å². The molecule has 0 saturated carbocycles. The van der Waals surface area contributed by atoms with Gasteiger partial charge in [-0.15, -0.1) is 0 Å². The normalized spacial score (nSPS) is 11.4. The molecule has 0 aliphatic carbocycles. The van der Waals surface area contributed by atoms with Gasteiger partial charge in [-0.3, -0.25) is 0 Å². The van der Waals surface area contributed by atoms with Crippen LogP contribution < -0.4 is 5.90 Å². The average Bonchev–Trinajstić information content (AvgIpc) is 2.81. The first-order chi connectivity index (χ1) is 15.9. The molecule has 0 radical (unpaired) electrons. The number of hydrogen-bond acceptors (Lipinski definition) is 8. The van der Waals surface area contributed by atoms with E-state index in [1.54, 1.807) is 0 Å². The Labute approximate surface area is 195 Å². The lowest BCUT2D eigenvalue weighted by Gasteiger charge is -2.06. The smallest absolute Gasteiger partial charge is 0.140 e. The molecule has 0 rings (SSSR count). The summed E-state index contributed by atoms with van der Waals surface area (Å²) in [7, 11) is 0. The van der Waals surface area contributed by atoms with Crippen LogP contribution in [0.4, 0.5) is 0 Å². The molecule has 0 saturated heterocycles. The monoisotopic (exact) mass is 460 g/mol. The van der Waals surface area contributed by atoms with Crippen molar-refractivity contribution in [2.75, 3.05) is 52.9 Å². The van der Waals surface area contributed by atoms with Gasteiger partial charge in [0.25, 0.3) is 0 Å². The molecule has 0 atom stereocenters. The van der Waals surface area contributed by atoms with Crippen molar-refractivity contribution < 1.29 is 28.7 Å². The van der Waals surface area contributed by atoms with Gasteiger partial charge in [0.2, 0.25) is 0 Å². The van der Waals surface area contributed by atoms with Crippen LogP contribution in [-0.2, 0) is 28.7 Å². The molecule has 0 aliphatic heterocycles. The van der Waals surface area contributed by atoms with Crippen molar-refractivity contribution in [2.45, 2.75) is 89.9 Å². The van der Waals surface area contributed by atoms with Gasteiger partial charge in [-0.25, -0.2) is 5.90 Å². The third kappa shape index (κ3) is 28.9. The molecule has 8 heteroatoms. The molecule has 0 bridgehead atoms. The van der Waals surface area contributed by atoms with E-state index in [4.69, 9.17) is 24.9 Å². The molecular weight excluding hydrogens is 412 g/mol. The Morgan fingerprint density at radius 3 is 1.41 bits per heavy atom. The molecule has 0 amide bonds. The van der Waals surface area contributed by atoms with Crippen molar-refractivity contribution in [3.05, 3.63) is 0 Å². The zero-order valence-electron chi connectivity index (χ0n) is 20.2. The fourth-order valence-corrected chi connectivity index (χ4v) is 3.13. The second kappa shape index (κ2) is 29.9. The fourth-order valence-electron chi connectivity index (χ4n) is 3.13. The molecule has 0 fully saturated rings. The predicted octanol–water partition coefficient (Wildman–Crippen LogP) is 4.59. The highest BCUT2D eigenvalue weighted by Crippen LogP contribution is 2.12. The fraction of sp³-hybridized carbons (Fsp3) is 0.917. The van der Waals surface area contributed by atoms with Crippen LogP contribution in [0.1, 0.15) is 89.9 Å². The quantitative estimate of drug-likeness (QED) is 0.0788. The Morgan fingerprint density at radius 2 is 0.938 bits per heavy atom. The zero-order chi connectivity index (χ0) is 23.2. The number of aldehydes is 1. The Balaban J connectivity index is 3.07. The van der Waals surface area contributed by atoms with Gasteiger partial charge in [0, 0.05) is 12.6 Å². The molecular formula is C24H48N2O6. The van der Waals surface area contributed by atoms with Crippen LogP contribution in [0, 0.1) is 0 Å². The topological polar surface area (TPSA) is 102 Å². The lowest BCUT2D eigenvalue weighted by atomic mass is 10.0. The van der Waals surface area contributed by atoms with Crippen LogP contribution in [0.2, 0.25) is 0 Å². The summed E-state index contributed by atoms with van der Waals surface area (Å²) in [6.45, 7) is 3.93. The molecule has 2 N–H and O–H groups in total. The van der Waals surface area contributed by atoms with E-state index in [1.165, 1.54) is 70.6 Å². The summed E-state index contributed by atoms with van der Waals surface area (Å²) in [4.78, 5) is 19.8. The first-order valence-electron chi connectivity index (χ1n) is 12.5. The molecule has 0 spiro atoms. The molecule has 0 aromatic heterocycles. The highest BCUT2D eigenvalue weighted by atomic mass is 16.6. The third-order valence-corrected chi connectivity index (χ3v) is 4.96. The number of oxime groups is 1. The minimum Gasteiger partial charge on any atom is -0.394 e. The standard InChI is InChI=1S/C24H48N2O6/c25-31-23-21-29-19-17-28-18-20-30-22-24-32-26-15-13-11-9-7-5-3-1-2-4-6-8-10-12-14-16-27/h15-16H,1-14,17-25H2/b26-15+. The molecule has 0 aliphatic rings. The Bertz CT molecular complexity index is 386. The van der Waals surface area contributed by atoms with E-state index in [1.807, 2.05) is 6.21 Å². The van der Waals surface area contributed by atoms with E-state index in [0.717, 1.165) is 25.5 Å². The van der Waals surface area contributed by atoms with Crippen molar-refractivity contribution in [1.82, 2.24) is 0 Å². The summed E-state index contributed by atoms with van der Waals surface area (Å²) >= 11 is 0. The zero-order valence-corrected chi connectivity index (χ0v) is 20.2. The van der Waals surface area contributed by atoms with Crippen LogP contribution in [0.15, 0.2) is 5.16 Å². The number of nitrogens with two attached hydrogens (primary N) is 1. The second-order valence-corrected chi connectivity index (χ2v) is 7.82. The van der Waals surface area contributed by atoms with Crippen molar-refractivity contribution in [3.63, 3.8) is 0 Å². The van der Waals surface area contributed by atoms with Crippen LogP contribution >= 0.6 is 0 Å². The molecule has 8 nitrogen and oxygen atoms in total. The molecule has 0 aromatic rings. The van der Waals surface area contributed by atoms with Crippen LogP contribution in [-0.4, -0.2) is 65.4 Å². The van der Waals surface area contributed by atoms with E-state index in [-0.39, 0.29) is 0 Å². The first-order valence-corrected chi connectivity index (χ1v) is 12.5. The molecule has 32 heavy (non-hydrogen) atoms. The Kier molecular flexibility index (Phi) is 28.9.